The van der Waals surface area contributed by atoms with E-state index in [2.05, 4.69) is 51.6 Å². The molecule has 0 aromatic rings. The third-order valence-electron chi connectivity index (χ3n) is 5.68. The van der Waals surface area contributed by atoms with Gasteiger partial charge in [-0.15, -0.1) is 11.8 Å². The molecule has 2 aliphatic carbocycles. The van der Waals surface area contributed by atoms with Crippen LogP contribution in [-0.4, -0.2) is 19.7 Å². The summed E-state index contributed by atoms with van der Waals surface area (Å²) in [7, 11) is 0. The normalized spacial score (nSPS) is 34.7. The van der Waals surface area contributed by atoms with Gasteiger partial charge in [0, 0.05) is 9.49 Å². The molecule has 0 saturated heterocycles. The number of thioether (sulfide) groups is 1. The fourth-order valence-electron chi connectivity index (χ4n) is 3.90. The Balaban J connectivity index is 2.36. The summed E-state index contributed by atoms with van der Waals surface area (Å²) in [4.78, 5) is 0. The summed E-state index contributed by atoms with van der Waals surface area (Å²) in [5, 5.41) is 19.9. The summed E-state index contributed by atoms with van der Waals surface area (Å²) in [5.74, 6) is 1.33. The molecule has 0 amide bonds. The van der Waals surface area contributed by atoms with Crippen molar-refractivity contribution >= 4 is 11.8 Å². The molecule has 0 saturated carbocycles. The highest BCUT2D eigenvalue weighted by Gasteiger charge is 2.45. The van der Waals surface area contributed by atoms with E-state index >= 15 is 0 Å². The van der Waals surface area contributed by atoms with Gasteiger partial charge in [0.25, 0.3) is 0 Å². The van der Waals surface area contributed by atoms with Crippen LogP contribution in [0.5, 0.6) is 0 Å². The van der Waals surface area contributed by atoms with Gasteiger partial charge < -0.3 is 10.2 Å². The minimum Gasteiger partial charge on any atom is -0.508 e. The Kier molecular flexibility index (Phi) is 6.90. The molecule has 0 aromatic heterocycles. The number of hydrogen-bond acceptors (Lipinski definition) is 3. The number of rotatable bonds is 8. The smallest absolute Gasteiger partial charge is 0.111 e. The molecule has 4 atom stereocenters. The summed E-state index contributed by atoms with van der Waals surface area (Å²) < 4.78 is -0.00917. The zero-order valence-electron chi connectivity index (χ0n) is 16.2. The summed E-state index contributed by atoms with van der Waals surface area (Å²) in [6.07, 6.45) is 19.2. The maximum atomic E-state index is 9.94. The number of allylic oxidation sites excluding steroid dienone is 4. The Labute approximate surface area is 157 Å². The summed E-state index contributed by atoms with van der Waals surface area (Å²) in [6, 6.07) is 0. The average molecular weight is 363 g/mol. The minimum atomic E-state index is -0.00458. The molecule has 2 N–H and O–H groups in total. The lowest BCUT2D eigenvalue weighted by Crippen LogP contribution is -2.42. The first-order valence-corrected chi connectivity index (χ1v) is 10.6. The molecular weight excluding hydrogens is 328 g/mol. The molecule has 25 heavy (non-hydrogen) atoms. The first-order valence-electron chi connectivity index (χ1n) is 9.77. The van der Waals surface area contributed by atoms with Gasteiger partial charge in [-0.2, -0.15) is 0 Å². The van der Waals surface area contributed by atoms with Crippen LogP contribution < -0.4 is 0 Å². The van der Waals surface area contributed by atoms with Crippen molar-refractivity contribution in [3.05, 3.63) is 48.0 Å². The van der Waals surface area contributed by atoms with Gasteiger partial charge in [0.05, 0.1) is 0 Å². The Morgan fingerprint density at radius 1 is 0.840 bits per heavy atom. The van der Waals surface area contributed by atoms with Gasteiger partial charge in [0.15, 0.2) is 0 Å². The zero-order chi connectivity index (χ0) is 18.5. The second-order valence-electron chi connectivity index (χ2n) is 7.65. The molecule has 0 radical (unpaired) electrons. The van der Waals surface area contributed by atoms with Crippen molar-refractivity contribution in [2.24, 2.45) is 11.8 Å². The van der Waals surface area contributed by atoms with Gasteiger partial charge in [0.2, 0.25) is 0 Å². The van der Waals surface area contributed by atoms with Crippen molar-refractivity contribution in [2.75, 3.05) is 0 Å². The van der Waals surface area contributed by atoms with Gasteiger partial charge in [-0.25, -0.2) is 0 Å². The van der Waals surface area contributed by atoms with Gasteiger partial charge in [-0.3, -0.25) is 0 Å². The molecule has 2 rings (SSSR count). The molecule has 2 nitrogen and oxygen atoms in total. The van der Waals surface area contributed by atoms with E-state index < -0.39 is 0 Å². The molecule has 0 spiro atoms. The van der Waals surface area contributed by atoms with Gasteiger partial charge in [0.1, 0.15) is 11.5 Å². The van der Waals surface area contributed by atoms with Crippen molar-refractivity contribution in [3.8, 4) is 0 Å². The Morgan fingerprint density at radius 3 is 1.56 bits per heavy atom. The van der Waals surface area contributed by atoms with Crippen LogP contribution in [0.1, 0.15) is 66.2 Å². The minimum absolute atomic E-state index is 0.00458. The average Bonchev–Trinajstić information content (AvgIpc) is 2.58. The molecule has 140 valence electrons. The van der Waals surface area contributed by atoms with Gasteiger partial charge in [-0.1, -0.05) is 65.5 Å². The molecular formula is C22H34O2S. The number of aliphatic hydroxyl groups is 2. The van der Waals surface area contributed by atoms with Crippen LogP contribution in [0.4, 0.5) is 0 Å². The molecule has 4 unspecified atom stereocenters. The van der Waals surface area contributed by atoms with Crippen LogP contribution in [0.3, 0.4) is 0 Å². The third kappa shape index (κ3) is 4.55. The summed E-state index contributed by atoms with van der Waals surface area (Å²) in [5.41, 5.74) is 0. The molecule has 2 aliphatic rings. The molecule has 0 aliphatic heterocycles. The van der Waals surface area contributed by atoms with Crippen LogP contribution >= 0.6 is 11.8 Å². The van der Waals surface area contributed by atoms with Crippen LogP contribution in [0, 0.1) is 11.8 Å². The topological polar surface area (TPSA) is 40.5 Å². The highest BCUT2D eigenvalue weighted by atomic mass is 32.2. The van der Waals surface area contributed by atoms with E-state index in [4.69, 9.17) is 0 Å². The summed E-state index contributed by atoms with van der Waals surface area (Å²) >= 11 is 2.05. The molecule has 0 bridgehead atoms. The monoisotopic (exact) mass is 362 g/mol. The largest absolute Gasteiger partial charge is 0.508 e. The molecule has 0 aromatic carbocycles. The van der Waals surface area contributed by atoms with Crippen molar-refractivity contribution in [2.45, 2.75) is 75.7 Å². The Morgan fingerprint density at radius 2 is 1.24 bits per heavy atom. The third-order valence-corrected chi connectivity index (χ3v) is 7.86. The second kappa shape index (κ2) is 8.53. The van der Waals surface area contributed by atoms with Crippen molar-refractivity contribution in [3.63, 3.8) is 0 Å². The fraction of sp³-hybridized carbons (Fsp3) is 0.636. The van der Waals surface area contributed by atoms with Crippen LogP contribution in [0.15, 0.2) is 48.0 Å². The first kappa shape index (κ1) is 20.2. The Bertz CT molecular complexity index is 525. The standard InChI is InChI=1S/C22H34O2S/c1-5-7-11-21(13-9-19(23)15-17(21)3)25-22(12-8-6-2)14-10-20(24)16-18(22)4/h9-10,13-18,23-24H,5-8,11-12H2,1-4H3. The lowest BCUT2D eigenvalue weighted by atomic mass is 9.83. The predicted octanol–water partition coefficient (Wildman–Crippen LogP) is 6.87. The van der Waals surface area contributed by atoms with E-state index in [1.54, 1.807) is 0 Å². The quantitative estimate of drug-likeness (QED) is 0.495. The van der Waals surface area contributed by atoms with Gasteiger partial charge >= 0.3 is 0 Å². The lowest BCUT2D eigenvalue weighted by Gasteiger charge is -2.47. The first-order chi connectivity index (χ1) is 11.9. The highest BCUT2D eigenvalue weighted by Crippen LogP contribution is 2.54. The van der Waals surface area contributed by atoms with E-state index in [0.717, 1.165) is 12.8 Å². The van der Waals surface area contributed by atoms with Crippen LogP contribution in [-0.2, 0) is 0 Å². The van der Waals surface area contributed by atoms with E-state index in [1.807, 2.05) is 24.3 Å². The van der Waals surface area contributed by atoms with Crippen molar-refractivity contribution in [1.82, 2.24) is 0 Å². The van der Waals surface area contributed by atoms with Gasteiger partial charge in [-0.05, 0) is 49.0 Å². The molecule has 0 heterocycles. The number of aliphatic hydroxyl groups excluding tert-OH is 2. The van der Waals surface area contributed by atoms with Crippen LogP contribution in [0.2, 0.25) is 0 Å². The SMILES string of the molecule is CCCCC1(SC2(CCCC)C=CC(O)=CC2C)C=CC(O)=CC1C. The zero-order valence-corrected chi connectivity index (χ0v) is 17.0. The Hall–Kier alpha value is -1.09. The van der Waals surface area contributed by atoms with E-state index in [0.29, 0.717) is 11.5 Å². The second-order valence-corrected chi connectivity index (χ2v) is 9.37. The van der Waals surface area contributed by atoms with Crippen molar-refractivity contribution < 1.29 is 10.2 Å². The summed E-state index contributed by atoms with van der Waals surface area (Å²) in [6.45, 7) is 8.92. The predicted molar refractivity (Wildman–Crippen MR) is 110 cm³/mol. The lowest BCUT2D eigenvalue weighted by molar-refractivity contribution is 0.391. The fourth-order valence-corrected chi connectivity index (χ4v) is 5.88. The van der Waals surface area contributed by atoms with E-state index in [-0.39, 0.29) is 21.3 Å². The highest BCUT2D eigenvalue weighted by molar-refractivity contribution is 8.02. The molecule has 3 heteroatoms. The number of unbranched alkanes of at least 4 members (excludes halogenated alkanes) is 2. The molecule has 0 fully saturated rings. The van der Waals surface area contributed by atoms with Crippen LogP contribution in [0.25, 0.3) is 0 Å². The van der Waals surface area contributed by atoms with E-state index in [9.17, 15) is 10.2 Å². The van der Waals surface area contributed by atoms with Crippen molar-refractivity contribution in [1.29, 1.82) is 0 Å². The maximum absolute atomic E-state index is 9.94. The van der Waals surface area contributed by atoms with E-state index in [1.165, 1.54) is 25.7 Å². The number of hydrogen-bond donors (Lipinski definition) is 2. The maximum Gasteiger partial charge on any atom is 0.111 e.